The van der Waals surface area contributed by atoms with E-state index in [0.717, 1.165) is 0 Å². The summed E-state index contributed by atoms with van der Waals surface area (Å²) in [6.07, 6.45) is 0.228. The molecule has 0 atom stereocenters. The van der Waals surface area contributed by atoms with Crippen molar-refractivity contribution < 1.29 is 29.8 Å². The van der Waals surface area contributed by atoms with E-state index in [0.29, 0.717) is 0 Å². The van der Waals surface area contributed by atoms with Gasteiger partial charge in [-0.2, -0.15) is 13.1 Å². The Labute approximate surface area is 94.9 Å². The van der Waals surface area contributed by atoms with Crippen molar-refractivity contribution in [3.8, 4) is 0 Å². The second kappa shape index (κ2) is 5.36. The van der Waals surface area contributed by atoms with Crippen LogP contribution in [0.3, 0.4) is 0 Å². The van der Waals surface area contributed by atoms with Crippen molar-refractivity contribution in [2.75, 3.05) is 33.1 Å². The number of hydrogen-bond donors (Lipinski definition) is 1. The summed E-state index contributed by atoms with van der Waals surface area (Å²) in [7, 11) is -6.03. The maximum absolute atomic E-state index is 12.0. The first-order valence-electron chi connectivity index (χ1n) is 4.36. The fraction of sp³-hybridized carbons (Fsp3) is 1.00. The summed E-state index contributed by atoms with van der Waals surface area (Å²) >= 11 is 0. The average molecular weight is 278 g/mol. The van der Waals surface area contributed by atoms with E-state index >= 15 is 0 Å². The molecule has 1 N–H and O–H groups in total. The molecule has 0 spiro atoms. The summed E-state index contributed by atoms with van der Waals surface area (Å²) in [5.41, 5.74) is 0. The van der Waals surface area contributed by atoms with Crippen LogP contribution in [-0.2, 0) is 20.5 Å². The maximum Gasteiger partial charge on any atom is 0.372 e. The molecule has 0 aliphatic rings. The first-order chi connectivity index (χ1) is 6.91. The number of nitrogens with zero attached hydrogens (tertiary/aromatic N) is 1. The molecule has 98 valence electrons. The van der Waals surface area contributed by atoms with Crippen LogP contribution in [0.1, 0.15) is 6.42 Å². The molecule has 0 amide bonds. The fourth-order valence-corrected chi connectivity index (χ4v) is 2.57. The van der Waals surface area contributed by atoms with Gasteiger partial charge in [-0.05, 0) is 0 Å². The van der Waals surface area contributed by atoms with Gasteiger partial charge < -0.3 is 9.04 Å². The van der Waals surface area contributed by atoms with Crippen molar-refractivity contribution in [1.29, 1.82) is 0 Å². The highest BCUT2D eigenvalue weighted by Gasteiger charge is 2.18. The molecule has 0 aromatic rings. The topological polar surface area (TPSA) is 103 Å². The Morgan fingerprint density at radius 1 is 1.25 bits per heavy atom. The van der Waals surface area contributed by atoms with E-state index in [9.17, 15) is 25.3 Å². The zero-order valence-corrected chi connectivity index (χ0v) is 10.6. The Morgan fingerprint density at radius 2 is 1.75 bits per heavy atom. The van der Waals surface area contributed by atoms with Crippen molar-refractivity contribution in [2.24, 2.45) is 0 Å². The van der Waals surface area contributed by atoms with E-state index in [1.165, 1.54) is 14.1 Å². The number of hydrogen-bond acceptors (Lipinski definition) is 5. The van der Waals surface area contributed by atoms with Crippen LogP contribution in [0, 0.1) is 0 Å². The van der Waals surface area contributed by atoms with Crippen LogP contribution in [-0.4, -0.2) is 58.9 Å². The molecule has 0 radical (unpaired) electrons. The van der Waals surface area contributed by atoms with Crippen LogP contribution in [0.5, 0.6) is 0 Å². The minimum Gasteiger partial charge on any atom is -0.744 e. The zero-order chi connectivity index (χ0) is 13.0. The molecular weight excluding hydrogens is 263 g/mol. The summed E-state index contributed by atoms with van der Waals surface area (Å²) in [5.74, 6) is -0.588. The Bertz CT molecular complexity index is 416. The maximum atomic E-state index is 12.0. The molecular formula is C6H15FN2O5S2. The molecule has 0 rings (SSSR count). The highest BCUT2D eigenvalue weighted by molar-refractivity contribution is 7.85. The van der Waals surface area contributed by atoms with Crippen LogP contribution in [0.25, 0.3) is 0 Å². The first-order valence-corrected chi connectivity index (χ1v) is 7.32. The molecule has 16 heavy (non-hydrogen) atoms. The Kier molecular flexibility index (Phi) is 5.26. The molecule has 7 nitrogen and oxygen atoms in total. The zero-order valence-electron chi connectivity index (χ0n) is 9.01. The lowest BCUT2D eigenvalue weighted by atomic mass is 10.4. The molecule has 0 aromatic carbocycles. The van der Waals surface area contributed by atoms with Crippen LogP contribution < -0.4 is 4.72 Å². The summed E-state index contributed by atoms with van der Waals surface area (Å²) in [6, 6.07) is 0. The van der Waals surface area contributed by atoms with Crippen LogP contribution in [0.2, 0.25) is 0 Å². The summed E-state index contributed by atoms with van der Waals surface area (Å²) < 4.78 is 65.1. The normalized spacial score (nSPS) is 14.0. The van der Waals surface area contributed by atoms with E-state index in [-0.39, 0.29) is 24.0 Å². The molecule has 0 saturated carbocycles. The van der Waals surface area contributed by atoms with Gasteiger partial charge in [0.2, 0.25) is 0 Å². The summed E-state index contributed by atoms with van der Waals surface area (Å²) in [5, 5.41) is 0. The first kappa shape index (κ1) is 15.7. The molecule has 0 aliphatic heterocycles. The summed E-state index contributed by atoms with van der Waals surface area (Å²) in [4.78, 5) is 0. The van der Waals surface area contributed by atoms with E-state index in [2.05, 4.69) is 0 Å². The SMILES string of the molecule is C[N+](C)(CCCNS(=O)(=O)F)CS(=O)(=O)[O-]. The van der Waals surface area contributed by atoms with Gasteiger partial charge in [-0.15, -0.1) is 0 Å². The minimum absolute atomic E-state index is 0.0974. The average Bonchev–Trinajstić information content (AvgIpc) is 1.91. The molecule has 0 fully saturated rings. The van der Waals surface area contributed by atoms with Crippen LogP contribution in [0.4, 0.5) is 3.89 Å². The highest BCUT2D eigenvalue weighted by Crippen LogP contribution is 2.02. The molecule has 0 saturated heterocycles. The van der Waals surface area contributed by atoms with E-state index < -0.39 is 26.4 Å². The van der Waals surface area contributed by atoms with Gasteiger partial charge in [-0.1, -0.05) is 3.89 Å². The van der Waals surface area contributed by atoms with Gasteiger partial charge in [0, 0.05) is 13.0 Å². The monoisotopic (exact) mass is 278 g/mol. The predicted octanol–water partition coefficient (Wildman–Crippen LogP) is -1.24. The molecule has 0 heterocycles. The molecule has 0 aliphatic carbocycles. The second-order valence-electron chi connectivity index (χ2n) is 4.03. The minimum atomic E-state index is -4.71. The van der Waals surface area contributed by atoms with Gasteiger partial charge >= 0.3 is 10.4 Å². The van der Waals surface area contributed by atoms with Crippen molar-refractivity contribution in [2.45, 2.75) is 6.42 Å². The third-order valence-corrected chi connectivity index (χ3v) is 3.29. The van der Waals surface area contributed by atoms with Crippen molar-refractivity contribution >= 4 is 20.5 Å². The van der Waals surface area contributed by atoms with E-state index in [1.807, 2.05) is 0 Å². The third-order valence-electron chi connectivity index (χ3n) is 1.72. The molecule has 10 heteroatoms. The summed E-state index contributed by atoms with van der Waals surface area (Å²) in [6.45, 7) is 0.101. The van der Waals surface area contributed by atoms with Gasteiger partial charge in [-0.3, -0.25) is 0 Å². The third kappa shape index (κ3) is 10.2. The molecule has 0 bridgehead atoms. The number of halogens is 1. The molecule has 0 unspecified atom stereocenters. The van der Waals surface area contributed by atoms with Crippen LogP contribution in [0.15, 0.2) is 0 Å². The van der Waals surface area contributed by atoms with E-state index in [1.54, 1.807) is 4.72 Å². The number of quaternary nitrogens is 1. The number of nitrogens with one attached hydrogen (secondary N) is 1. The largest absolute Gasteiger partial charge is 0.744 e. The number of rotatable bonds is 7. The van der Waals surface area contributed by atoms with Gasteiger partial charge in [0.25, 0.3) is 0 Å². The Morgan fingerprint density at radius 3 is 2.12 bits per heavy atom. The quantitative estimate of drug-likeness (QED) is 0.271. The lowest BCUT2D eigenvalue weighted by molar-refractivity contribution is -0.878. The standard InChI is InChI=1S/C6H15FN2O5S2/c1-9(2,6-15(10,11)12)5-3-4-8-16(7,13)14/h8H,3-6H2,1-2H3. The lowest BCUT2D eigenvalue weighted by Gasteiger charge is -2.30. The molecule has 0 aromatic heterocycles. The van der Waals surface area contributed by atoms with Gasteiger partial charge in [0.05, 0.1) is 20.6 Å². The fourth-order valence-electron chi connectivity index (χ4n) is 1.19. The van der Waals surface area contributed by atoms with Gasteiger partial charge in [0.15, 0.2) is 5.88 Å². The Balaban J connectivity index is 4.02. The lowest BCUT2D eigenvalue weighted by Crippen LogP contribution is -2.45. The highest BCUT2D eigenvalue weighted by atomic mass is 32.3. The van der Waals surface area contributed by atoms with Crippen molar-refractivity contribution in [1.82, 2.24) is 4.72 Å². The second-order valence-corrected chi connectivity index (χ2v) is 6.57. The predicted molar refractivity (Wildman–Crippen MR) is 54.2 cm³/mol. The van der Waals surface area contributed by atoms with Crippen LogP contribution >= 0.6 is 0 Å². The smallest absolute Gasteiger partial charge is 0.372 e. The van der Waals surface area contributed by atoms with E-state index in [4.69, 9.17) is 0 Å². The van der Waals surface area contributed by atoms with Crippen molar-refractivity contribution in [3.63, 3.8) is 0 Å². The van der Waals surface area contributed by atoms with Gasteiger partial charge in [0.1, 0.15) is 10.1 Å². The van der Waals surface area contributed by atoms with Gasteiger partial charge in [-0.25, -0.2) is 8.42 Å². The Hall–Kier alpha value is -0.290. The van der Waals surface area contributed by atoms with Crippen molar-refractivity contribution in [3.05, 3.63) is 0 Å².